The van der Waals surface area contributed by atoms with Crippen molar-refractivity contribution in [1.29, 1.82) is 0 Å². The molecule has 0 aromatic heterocycles. The standard InChI is InChI=1S/C21H22N2O4/c1-23-19(24)13-16(20(23)14-6-3-2-4-7-14)21(25)22-15-8-9-17-18(12-15)27-11-5-10-26-17/h2-4,6-9,12,16,20H,5,10-11,13H2,1H3,(H,22,25)/t16-,20-/m1/s1. The van der Waals surface area contributed by atoms with Crippen molar-refractivity contribution in [3.8, 4) is 11.5 Å². The second kappa shape index (κ2) is 7.31. The molecule has 0 radical (unpaired) electrons. The van der Waals surface area contributed by atoms with Gasteiger partial charge in [0, 0.05) is 31.6 Å². The second-order valence-electron chi connectivity index (χ2n) is 6.87. The summed E-state index contributed by atoms with van der Waals surface area (Å²) in [6.07, 6.45) is 1.03. The Hall–Kier alpha value is -3.02. The molecule has 6 nitrogen and oxygen atoms in total. The van der Waals surface area contributed by atoms with Crippen LogP contribution in [-0.2, 0) is 9.59 Å². The number of carbonyl (C=O) groups excluding carboxylic acids is 2. The van der Waals surface area contributed by atoms with Crippen LogP contribution in [0.4, 0.5) is 5.69 Å². The minimum atomic E-state index is -0.444. The molecule has 2 heterocycles. The van der Waals surface area contributed by atoms with Crippen LogP contribution in [0.25, 0.3) is 0 Å². The molecule has 2 amide bonds. The van der Waals surface area contributed by atoms with Gasteiger partial charge in [-0.25, -0.2) is 0 Å². The molecule has 0 unspecified atom stereocenters. The van der Waals surface area contributed by atoms with E-state index >= 15 is 0 Å². The predicted molar refractivity (Wildman–Crippen MR) is 101 cm³/mol. The van der Waals surface area contributed by atoms with Crippen molar-refractivity contribution in [1.82, 2.24) is 4.90 Å². The summed E-state index contributed by atoms with van der Waals surface area (Å²) < 4.78 is 11.3. The van der Waals surface area contributed by atoms with Crippen LogP contribution >= 0.6 is 0 Å². The topological polar surface area (TPSA) is 67.9 Å². The number of carbonyl (C=O) groups is 2. The molecule has 1 N–H and O–H groups in total. The highest BCUT2D eigenvalue weighted by Gasteiger charge is 2.42. The number of amides is 2. The summed E-state index contributed by atoms with van der Waals surface area (Å²) in [6, 6.07) is 14.8. The van der Waals surface area contributed by atoms with Crippen molar-refractivity contribution >= 4 is 17.5 Å². The maximum absolute atomic E-state index is 13.0. The van der Waals surface area contributed by atoms with E-state index in [4.69, 9.17) is 9.47 Å². The Morgan fingerprint density at radius 2 is 1.81 bits per heavy atom. The quantitative estimate of drug-likeness (QED) is 0.907. The van der Waals surface area contributed by atoms with Crippen LogP contribution in [0, 0.1) is 5.92 Å². The first kappa shape index (κ1) is 17.4. The zero-order chi connectivity index (χ0) is 18.8. The summed E-state index contributed by atoms with van der Waals surface area (Å²) in [6.45, 7) is 1.20. The summed E-state index contributed by atoms with van der Waals surface area (Å²) in [5.74, 6) is 0.674. The molecule has 140 valence electrons. The smallest absolute Gasteiger partial charge is 0.230 e. The van der Waals surface area contributed by atoms with Crippen LogP contribution in [0.1, 0.15) is 24.4 Å². The van der Waals surface area contributed by atoms with Crippen molar-refractivity contribution in [3.05, 3.63) is 54.1 Å². The highest BCUT2D eigenvalue weighted by Crippen LogP contribution is 2.38. The van der Waals surface area contributed by atoms with Gasteiger partial charge < -0.3 is 19.7 Å². The molecule has 27 heavy (non-hydrogen) atoms. The van der Waals surface area contributed by atoms with Crippen molar-refractivity contribution in [2.75, 3.05) is 25.6 Å². The van der Waals surface area contributed by atoms with E-state index < -0.39 is 5.92 Å². The first-order valence-electron chi connectivity index (χ1n) is 9.14. The number of nitrogens with zero attached hydrogens (tertiary/aromatic N) is 1. The summed E-state index contributed by atoms with van der Waals surface area (Å²) >= 11 is 0. The zero-order valence-electron chi connectivity index (χ0n) is 15.2. The zero-order valence-corrected chi connectivity index (χ0v) is 15.2. The number of likely N-dealkylation sites (tertiary alicyclic amines) is 1. The van der Waals surface area contributed by atoms with Gasteiger partial charge in [-0.05, 0) is 17.7 Å². The molecule has 2 aliphatic rings. The van der Waals surface area contributed by atoms with Crippen molar-refractivity contribution in [3.63, 3.8) is 0 Å². The first-order valence-corrected chi connectivity index (χ1v) is 9.14. The van der Waals surface area contributed by atoms with Crippen LogP contribution in [0.3, 0.4) is 0 Å². The summed E-state index contributed by atoms with van der Waals surface area (Å²) in [5, 5.41) is 2.94. The van der Waals surface area contributed by atoms with E-state index in [1.807, 2.05) is 30.3 Å². The molecule has 6 heteroatoms. The molecular formula is C21H22N2O4. The van der Waals surface area contributed by atoms with Gasteiger partial charge in [-0.15, -0.1) is 0 Å². The average Bonchev–Trinajstić information content (AvgIpc) is 2.85. The van der Waals surface area contributed by atoms with Crippen molar-refractivity contribution < 1.29 is 19.1 Å². The van der Waals surface area contributed by atoms with Gasteiger partial charge >= 0.3 is 0 Å². The molecule has 2 aromatic carbocycles. The van der Waals surface area contributed by atoms with Gasteiger partial charge in [0.05, 0.1) is 25.2 Å². The third kappa shape index (κ3) is 3.47. The first-order chi connectivity index (χ1) is 13.1. The van der Waals surface area contributed by atoms with E-state index in [-0.39, 0.29) is 24.3 Å². The molecule has 1 saturated heterocycles. The SMILES string of the molecule is CN1C(=O)C[C@@H](C(=O)Nc2ccc3c(c2)OCCCO3)[C@H]1c1ccccc1. The molecule has 4 rings (SSSR count). The number of benzene rings is 2. The fourth-order valence-electron chi connectivity index (χ4n) is 3.69. The minimum absolute atomic E-state index is 0.0253. The van der Waals surface area contributed by atoms with Gasteiger partial charge in [-0.1, -0.05) is 30.3 Å². The molecule has 2 atom stereocenters. The fourth-order valence-corrected chi connectivity index (χ4v) is 3.69. The van der Waals surface area contributed by atoms with E-state index in [1.54, 1.807) is 30.1 Å². The average molecular weight is 366 g/mol. The Kier molecular flexibility index (Phi) is 4.71. The molecule has 0 saturated carbocycles. The monoisotopic (exact) mass is 366 g/mol. The van der Waals surface area contributed by atoms with E-state index in [9.17, 15) is 9.59 Å². The predicted octanol–water partition coefficient (Wildman–Crippen LogP) is 3.01. The van der Waals surface area contributed by atoms with Crippen LogP contribution in [0.15, 0.2) is 48.5 Å². The van der Waals surface area contributed by atoms with Crippen LogP contribution in [-0.4, -0.2) is 37.0 Å². The van der Waals surface area contributed by atoms with Crippen LogP contribution in [0.5, 0.6) is 11.5 Å². The lowest BCUT2D eigenvalue weighted by atomic mass is 9.93. The number of ether oxygens (including phenoxy) is 2. The number of hydrogen-bond donors (Lipinski definition) is 1. The Labute approximate surface area is 158 Å². The Bertz CT molecular complexity index is 853. The largest absolute Gasteiger partial charge is 0.490 e. The number of hydrogen-bond acceptors (Lipinski definition) is 4. The van der Waals surface area contributed by atoms with Gasteiger partial charge in [0.15, 0.2) is 11.5 Å². The van der Waals surface area contributed by atoms with E-state index in [0.29, 0.717) is 30.4 Å². The summed E-state index contributed by atoms with van der Waals surface area (Å²) in [4.78, 5) is 26.9. The summed E-state index contributed by atoms with van der Waals surface area (Å²) in [7, 11) is 1.75. The number of fused-ring (bicyclic) bond motifs is 1. The maximum Gasteiger partial charge on any atom is 0.230 e. The third-order valence-electron chi connectivity index (χ3n) is 5.08. The molecule has 0 bridgehead atoms. The second-order valence-corrected chi connectivity index (χ2v) is 6.87. The lowest BCUT2D eigenvalue weighted by Gasteiger charge is -2.25. The molecule has 0 aliphatic carbocycles. The maximum atomic E-state index is 13.0. The fraction of sp³-hybridized carbons (Fsp3) is 0.333. The number of nitrogens with one attached hydrogen (secondary N) is 1. The lowest BCUT2D eigenvalue weighted by Crippen LogP contribution is -2.30. The highest BCUT2D eigenvalue weighted by atomic mass is 16.5. The van der Waals surface area contributed by atoms with E-state index in [0.717, 1.165) is 12.0 Å². The van der Waals surface area contributed by atoms with Crippen LogP contribution < -0.4 is 14.8 Å². The number of rotatable bonds is 3. The molecule has 2 aliphatic heterocycles. The van der Waals surface area contributed by atoms with E-state index in [2.05, 4.69) is 5.32 Å². The van der Waals surface area contributed by atoms with Gasteiger partial charge in [-0.3, -0.25) is 9.59 Å². The van der Waals surface area contributed by atoms with Crippen LogP contribution in [0.2, 0.25) is 0 Å². The van der Waals surface area contributed by atoms with Gasteiger partial charge in [0.2, 0.25) is 11.8 Å². The third-order valence-corrected chi connectivity index (χ3v) is 5.08. The Balaban J connectivity index is 1.55. The molecule has 0 spiro atoms. The van der Waals surface area contributed by atoms with Crippen molar-refractivity contribution in [2.24, 2.45) is 5.92 Å². The summed E-state index contributed by atoms with van der Waals surface area (Å²) in [5.41, 5.74) is 1.60. The highest BCUT2D eigenvalue weighted by molar-refractivity contribution is 5.98. The molecule has 1 fully saturated rings. The Morgan fingerprint density at radius 1 is 1.07 bits per heavy atom. The van der Waals surface area contributed by atoms with Crippen molar-refractivity contribution in [2.45, 2.75) is 18.9 Å². The molecule has 2 aromatic rings. The van der Waals surface area contributed by atoms with Gasteiger partial charge in [-0.2, -0.15) is 0 Å². The number of anilines is 1. The van der Waals surface area contributed by atoms with Gasteiger partial charge in [0.1, 0.15) is 0 Å². The van der Waals surface area contributed by atoms with Gasteiger partial charge in [0.25, 0.3) is 0 Å². The van der Waals surface area contributed by atoms with E-state index in [1.165, 1.54) is 0 Å². The Morgan fingerprint density at radius 3 is 2.59 bits per heavy atom. The normalized spacial score (nSPS) is 21.7. The molecular weight excluding hydrogens is 344 g/mol. The minimum Gasteiger partial charge on any atom is -0.490 e. The lowest BCUT2D eigenvalue weighted by molar-refractivity contribution is -0.127.